The molecule has 1 saturated carbocycles. The highest BCUT2D eigenvalue weighted by Crippen LogP contribution is 2.45. The molecule has 0 radical (unpaired) electrons. The van der Waals surface area contributed by atoms with Crippen molar-refractivity contribution in [1.82, 2.24) is 0 Å². The Morgan fingerprint density at radius 3 is 2.46 bits per heavy atom. The number of alkyl halides is 1. The first kappa shape index (κ1) is 27.5. The summed E-state index contributed by atoms with van der Waals surface area (Å²) in [5.41, 5.74) is 0.453. The molecule has 4 unspecified atom stereocenters. The second kappa shape index (κ2) is 15.3. The monoisotopic (exact) mass is 416 g/mol. The summed E-state index contributed by atoms with van der Waals surface area (Å²) < 4.78 is 10.8. The van der Waals surface area contributed by atoms with Crippen molar-refractivity contribution in [2.45, 2.75) is 103 Å². The third-order valence-corrected chi connectivity index (χ3v) is 6.01. The van der Waals surface area contributed by atoms with Gasteiger partial charge in [0.1, 0.15) is 0 Å². The van der Waals surface area contributed by atoms with E-state index in [0.717, 1.165) is 38.0 Å². The third kappa shape index (κ3) is 12.1. The van der Waals surface area contributed by atoms with Gasteiger partial charge in [0.05, 0.1) is 25.1 Å². The van der Waals surface area contributed by atoms with Gasteiger partial charge in [0.15, 0.2) is 0 Å². The average Bonchev–Trinajstić information content (AvgIpc) is 3.29. The Hall–Kier alpha value is -0.510. The quantitative estimate of drug-likeness (QED) is 0.131. The topological polar surface area (TPSA) is 42.0 Å². The van der Waals surface area contributed by atoms with E-state index in [0.29, 0.717) is 23.0 Å². The summed E-state index contributed by atoms with van der Waals surface area (Å²) in [5.74, 6) is 1.61. The molecule has 4 heteroatoms. The first-order valence-electron chi connectivity index (χ1n) is 10.9. The summed E-state index contributed by atoms with van der Waals surface area (Å²) in [5, 5.41) is 7.41. The van der Waals surface area contributed by atoms with Crippen LogP contribution in [0.3, 0.4) is 0 Å². The summed E-state index contributed by atoms with van der Waals surface area (Å²) in [7, 11) is 2.65. The van der Waals surface area contributed by atoms with Crippen LogP contribution in [0.15, 0.2) is 25.0 Å². The number of epoxide rings is 1. The van der Waals surface area contributed by atoms with Crippen molar-refractivity contribution in [3.63, 3.8) is 0 Å². The number of unbranched alkanes of at least 4 members (excludes halogenated alkanes) is 2. The van der Waals surface area contributed by atoms with Gasteiger partial charge in [-0.05, 0) is 56.3 Å². The van der Waals surface area contributed by atoms with Crippen LogP contribution in [0.5, 0.6) is 0 Å². The number of aliphatic hydroxyl groups is 1. The predicted octanol–water partition coefficient (Wildman–Crippen LogP) is 6.88. The van der Waals surface area contributed by atoms with Gasteiger partial charge in [-0.1, -0.05) is 46.3 Å². The number of hydrogen-bond donors (Lipinski definition) is 1. The summed E-state index contributed by atoms with van der Waals surface area (Å²) in [6.45, 7) is 14.3. The molecule has 1 heterocycles. The Kier molecular flexibility index (Phi) is 15.1. The molecule has 0 bridgehead atoms. The maximum Gasteiger partial charge on any atom is 0.0884 e. The molecule has 2 rings (SSSR count). The van der Waals surface area contributed by atoms with Gasteiger partial charge in [0, 0.05) is 18.9 Å². The van der Waals surface area contributed by atoms with Crippen LogP contribution >= 0.6 is 11.6 Å². The average molecular weight is 417 g/mol. The molecule has 28 heavy (non-hydrogen) atoms. The highest BCUT2D eigenvalue weighted by molar-refractivity contribution is 6.20. The standard InChI is InChI=1S/C15H27ClO.C8H14O.CH4O/c1-4-5-8-15(2,3)10-13-14(17-13)11-6-7-12(16)9-11;1-4-5-6-7-8(2)9-3;1-2/h11-14H,4-10H2,1-3H3;4H,1-2,5-7H2,3H3;2H,1H3. The van der Waals surface area contributed by atoms with Crippen molar-refractivity contribution < 1.29 is 14.6 Å². The zero-order valence-corrected chi connectivity index (χ0v) is 19.8. The van der Waals surface area contributed by atoms with E-state index in [4.69, 9.17) is 26.2 Å². The molecule has 0 aromatic rings. The third-order valence-electron chi connectivity index (χ3n) is 5.61. The number of methoxy groups -OCH3 is 1. The van der Waals surface area contributed by atoms with Crippen molar-refractivity contribution in [3.8, 4) is 0 Å². The van der Waals surface area contributed by atoms with Gasteiger partial charge >= 0.3 is 0 Å². The molecular weight excluding hydrogens is 372 g/mol. The fraction of sp³-hybridized carbons (Fsp3) is 0.833. The summed E-state index contributed by atoms with van der Waals surface area (Å²) in [6, 6.07) is 0. The minimum absolute atomic E-state index is 0.415. The van der Waals surface area contributed by atoms with E-state index < -0.39 is 0 Å². The molecule has 4 atom stereocenters. The van der Waals surface area contributed by atoms with Crippen LogP contribution in [0.4, 0.5) is 0 Å². The van der Waals surface area contributed by atoms with E-state index in [1.165, 1.54) is 44.9 Å². The van der Waals surface area contributed by atoms with Gasteiger partial charge in [-0.2, -0.15) is 0 Å². The Morgan fingerprint density at radius 1 is 1.29 bits per heavy atom. The van der Waals surface area contributed by atoms with Gasteiger partial charge in [0.25, 0.3) is 0 Å². The Bertz CT molecular complexity index is 422. The molecule has 0 spiro atoms. The van der Waals surface area contributed by atoms with Gasteiger partial charge < -0.3 is 14.6 Å². The van der Waals surface area contributed by atoms with E-state index in [9.17, 15) is 0 Å². The summed E-state index contributed by atoms with van der Waals surface area (Å²) in [6.07, 6.45) is 14.9. The second-order valence-electron chi connectivity index (χ2n) is 8.71. The summed E-state index contributed by atoms with van der Waals surface area (Å²) in [4.78, 5) is 0. The minimum atomic E-state index is 0.415. The van der Waals surface area contributed by atoms with E-state index in [1.54, 1.807) is 7.11 Å². The van der Waals surface area contributed by atoms with Gasteiger partial charge in [-0.15, -0.1) is 18.2 Å². The normalized spacial score (nSPS) is 25.7. The van der Waals surface area contributed by atoms with Crippen LogP contribution in [0, 0.1) is 11.3 Å². The van der Waals surface area contributed by atoms with Crippen LogP contribution in [0.25, 0.3) is 0 Å². The zero-order chi connectivity index (χ0) is 21.6. The number of ether oxygens (including phenoxy) is 2. The second-order valence-corrected chi connectivity index (χ2v) is 9.32. The lowest BCUT2D eigenvalue weighted by molar-refractivity contribution is 0.248. The molecule has 2 fully saturated rings. The van der Waals surface area contributed by atoms with Crippen molar-refractivity contribution in [3.05, 3.63) is 25.0 Å². The van der Waals surface area contributed by atoms with Crippen molar-refractivity contribution in [1.29, 1.82) is 0 Å². The number of aliphatic hydroxyl groups excluding tert-OH is 1. The number of halogens is 1. The first-order chi connectivity index (χ1) is 13.3. The zero-order valence-electron chi connectivity index (χ0n) is 19.0. The highest BCUT2D eigenvalue weighted by Gasteiger charge is 2.48. The molecule has 1 saturated heterocycles. The van der Waals surface area contributed by atoms with Gasteiger partial charge in [0.2, 0.25) is 0 Å². The highest BCUT2D eigenvalue weighted by atomic mass is 35.5. The molecular formula is C24H45ClO3. The maximum atomic E-state index is 7.00. The minimum Gasteiger partial charge on any atom is -0.502 e. The lowest BCUT2D eigenvalue weighted by Crippen LogP contribution is -2.17. The molecule has 1 aliphatic carbocycles. The number of hydrogen-bond acceptors (Lipinski definition) is 3. The molecule has 2 aliphatic rings. The number of allylic oxidation sites excluding steroid dienone is 2. The van der Waals surface area contributed by atoms with Crippen molar-refractivity contribution >= 4 is 11.6 Å². The Morgan fingerprint density at radius 2 is 1.96 bits per heavy atom. The lowest BCUT2D eigenvalue weighted by atomic mass is 9.81. The fourth-order valence-electron chi connectivity index (χ4n) is 3.84. The number of rotatable bonds is 11. The largest absolute Gasteiger partial charge is 0.502 e. The predicted molar refractivity (Wildman–Crippen MR) is 122 cm³/mol. The smallest absolute Gasteiger partial charge is 0.0884 e. The Balaban J connectivity index is 0.000000566. The van der Waals surface area contributed by atoms with Crippen LogP contribution in [-0.4, -0.2) is 36.9 Å². The summed E-state index contributed by atoms with van der Waals surface area (Å²) >= 11 is 6.17. The van der Waals surface area contributed by atoms with Crippen LogP contribution in [0.1, 0.15) is 85.0 Å². The van der Waals surface area contributed by atoms with Gasteiger partial charge in [-0.25, -0.2) is 0 Å². The fourth-order valence-corrected chi connectivity index (χ4v) is 4.20. The molecule has 1 N–H and O–H groups in total. The molecule has 0 aromatic carbocycles. The SMILES string of the molecule is C=CCCCC(=C)OC.CCCCC(C)(C)CC1OC1C1CCC(Cl)C1.CO. The van der Waals surface area contributed by atoms with E-state index in [1.807, 2.05) is 6.08 Å². The molecule has 0 aromatic heterocycles. The van der Waals surface area contributed by atoms with Crippen molar-refractivity contribution in [2.75, 3.05) is 14.2 Å². The van der Waals surface area contributed by atoms with E-state index in [-0.39, 0.29) is 0 Å². The first-order valence-corrected chi connectivity index (χ1v) is 11.3. The van der Waals surface area contributed by atoms with E-state index >= 15 is 0 Å². The van der Waals surface area contributed by atoms with Crippen LogP contribution in [-0.2, 0) is 9.47 Å². The molecule has 0 amide bonds. The van der Waals surface area contributed by atoms with Crippen molar-refractivity contribution in [2.24, 2.45) is 11.3 Å². The van der Waals surface area contributed by atoms with Crippen LogP contribution in [0.2, 0.25) is 0 Å². The van der Waals surface area contributed by atoms with Gasteiger partial charge in [-0.3, -0.25) is 0 Å². The molecule has 1 aliphatic heterocycles. The molecule has 3 nitrogen and oxygen atoms in total. The van der Waals surface area contributed by atoms with Crippen LogP contribution < -0.4 is 0 Å². The maximum absolute atomic E-state index is 7.00. The van der Waals surface area contributed by atoms with E-state index in [2.05, 4.69) is 33.9 Å². The lowest BCUT2D eigenvalue weighted by Gasteiger charge is -2.23. The molecule has 166 valence electrons. The Labute approximate surface area is 179 Å².